The predicted octanol–water partition coefficient (Wildman–Crippen LogP) is 2.46. The van der Waals surface area contributed by atoms with Crippen molar-refractivity contribution >= 4 is 40.2 Å². The molecule has 0 saturated carbocycles. The quantitative estimate of drug-likeness (QED) is 0.378. The molecule has 0 bridgehead atoms. The van der Waals surface area contributed by atoms with Crippen LogP contribution in [0.4, 0.5) is 5.69 Å². The van der Waals surface area contributed by atoms with Crippen LogP contribution in [0.3, 0.4) is 0 Å². The van der Waals surface area contributed by atoms with Crippen LogP contribution in [0.2, 0.25) is 0 Å². The Morgan fingerprint density at radius 2 is 1.77 bits per heavy atom. The molecule has 3 rings (SSSR count). The summed E-state index contributed by atoms with van der Waals surface area (Å²) < 4.78 is 5.12. The van der Waals surface area contributed by atoms with Gasteiger partial charge in [0, 0.05) is 17.5 Å². The molecule has 160 valence electrons. The number of amides is 2. The molecule has 9 heteroatoms. The number of aromatic amines is 1. The van der Waals surface area contributed by atoms with Gasteiger partial charge in [0.1, 0.15) is 0 Å². The maximum absolute atomic E-state index is 12.3. The molecule has 0 fully saturated rings. The van der Waals surface area contributed by atoms with E-state index in [1.165, 1.54) is 13.8 Å². The molecule has 3 aromatic rings. The summed E-state index contributed by atoms with van der Waals surface area (Å²) in [6.45, 7) is 2.85. The van der Waals surface area contributed by atoms with Crippen LogP contribution in [0, 0.1) is 0 Å². The average molecular weight is 422 g/mol. The summed E-state index contributed by atoms with van der Waals surface area (Å²) in [6, 6.07) is 13.8. The van der Waals surface area contributed by atoms with Crippen molar-refractivity contribution in [3.05, 3.63) is 59.8 Å². The SMILES string of the molecule is CC(=O)c1ccccc1NC(=O)C(C)OC(=O)CCNC(=O)c1n[nH]c2ccccc12. The van der Waals surface area contributed by atoms with Gasteiger partial charge in [-0.3, -0.25) is 24.3 Å². The number of anilines is 1. The molecule has 0 radical (unpaired) electrons. The highest BCUT2D eigenvalue weighted by molar-refractivity contribution is 6.05. The number of nitrogens with one attached hydrogen (secondary N) is 3. The number of hydrogen-bond acceptors (Lipinski definition) is 6. The fourth-order valence-electron chi connectivity index (χ4n) is 2.94. The number of ether oxygens (including phenoxy) is 1. The number of nitrogens with zero attached hydrogens (tertiary/aromatic N) is 1. The third-order valence-electron chi connectivity index (χ3n) is 4.54. The number of carbonyl (C=O) groups excluding carboxylic acids is 4. The molecule has 0 aliphatic rings. The van der Waals surface area contributed by atoms with E-state index in [2.05, 4.69) is 20.8 Å². The molecule has 0 aliphatic carbocycles. The Hall–Kier alpha value is -4.01. The average Bonchev–Trinajstić information content (AvgIpc) is 3.18. The van der Waals surface area contributed by atoms with E-state index in [0.29, 0.717) is 16.6 Å². The Bertz CT molecular complexity index is 1140. The lowest BCUT2D eigenvalue weighted by Crippen LogP contribution is -2.32. The van der Waals surface area contributed by atoms with Gasteiger partial charge in [-0.1, -0.05) is 30.3 Å². The number of fused-ring (bicyclic) bond motifs is 1. The highest BCUT2D eigenvalue weighted by atomic mass is 16.5. The third kappa shape index (κ3) is 5.33. The second-order valence-electron chi connectivity index (χ2n) is 6.85. The zero-order valence-electron chi connectivity index (χ0n) is 17.1. The van der Waals surface area contributed by atoms with E-state index >= 15 is 0 Å². The molecule has 1 atom stereocenters. The first kappa shape index (κ1) is 21.7. The second kappa shape index (κ2) is 9.66. The van der Waals surface area contributed by atoms with Gasteiger partial charge in [0.05, 0.1) is 17.6 Å². The molecule has 0 aliphatic heterocycles. The number of hydrogen-bond donors (Lipinski definition) is 3. The fraction of sp³-hybridized carbons (Fsp3) is 0.227. The Kier molecular flexibility index (Phi) is 6.76. The Morgan fingerprint density at radius 3 is 2.55 bits per heavy atom. The summed E-state index contributed by atoms with van der Waals surface area (Å²) >= 11 is 0. The Labute approximate surface area is 178 Å². The first-order valence-corrected chi connectivity index (χ1v) is 9.68. The van der Waals surface area contributed by atoms with Crippen LogP contribution in [0.5, 0.6) is 0 Å². The minimum Gasteiger partial charge on any atom is -0.452 e. The highest BCUT2D eigenvalue weighted by Crippen LogP contribution is 2.16. The lowest BCUT2D eigenvalue weighted by atomic mass is 10.1. The Morgan fingerprint density at radius 1 is 1.06 bits per heavy atom. The van der Waals surface area contributed by atoms with Crippen LogP contribution in [-0.2, 0) is 14.3 Å². The number of benzene rings is 2. The van der Waals surface area contributed by atoms with Gasteiger partial charge in [-0.25, -0.2) is 0 Å². The molecule has 2 aromatic carbocycles. The molecule has 1 aromatic heterocycles. The topological polar surface area (TPSA) is 130 Å². The number of para-hydroxylation sites is 2. The molecule has 0 spiro atoms. The van der Waals surface area contributed by atoms with Crippen LogP contribution < -0.4 is 10.6 Å². The second-order valence-corrected chi connectivity index (χ2v) is 6.85. The van der Waals surface area contributed by atoms with Crippen LogP contribution in [0.15, 0.2) is 48.5 Å². The molecule has 2 amide bonds. The third-order valence-corrected chi connectivity index (χ3v) is 4.54. The summed E-state index contributed by atoms with van der Waals surface area (Å²) in [5, 5.41) is 12.6. The first-order chi connectivity index (χ1) is 14.9. The summed E-state index contributed by atoms with van der Waals surface area (Å²) in [7, 11) is 0. The molecular weight excluding hydrogens is 400 g/mol. The van der Waals surface area contributed by atoms with Crippen molar-refractivity contribution in [1.29, 1.82) is 0 Å². The van der Waals surface area contributed by atoms with E-state index in [4.69, 9.17) is 4.74 Å². The summed E-state index contributed by atoms with van der Waals surface area (Å²) in [6.07, 6.45) is -1.19. The standard InChI is InChI=1S/C22H22N4O5/c1-13(27)15-7-3-5-9-17(15)24-21(29)14(2)31-19(28)11-12-23-22(30)20-16-8-4-6-10-18(16)25-26-20/h3-10,14H,11-12H2,1-2H3,(H,23,30)(H,24,29)(H,25,26). The number of aromatic nitrogens is 2. The van der Waals surface area contributed by atoms with Crippen molar-refractivity contribution in [3.8, 4) is 0 Å². The van der Waals surface area contributed by atoms with Crippen LogP contribution >= 0.6 is 0 Å². The normalized spacial score (nSPS) is 11.5. The van der Waals surface area contributed by atoms with E-state index in [9.17, 15) is 19.2 Å². The lowest BCUT2D eigenvalue weighted by molar-refractivity contribution is -0.153. The van der Waals surface area contributed by atoms with Gasteiger partial charge in [0.2, 0.25) is 0 Å². The summed E-state index contributed by atoms with van der Waals surface area (Å²) in [5.74, 6) is -1.82. The van der Waals surface area contributed by atoms with Crippen LogP contribution in [0.25, 0.3) is 10.9 Å². The van der Waals surface area contributed by atoms with Crippen molar-refractivity contribution in [2.45, 2.75) is 26.4 Å². The van der Waals surface area contributed by atoms with Crippen molar-refractivity contribution in [1.82, 2.24) is 15.5 Å². The number of esters is 1. The van der Waals surface area contributed by atoms with E-state index < -0.39 is 23.9 Å². The van der Waals surface area contributed by atoms with Crippen molar-refractivity contribution < 1.29 is 23.9 Å². The molecule has 1 heterocycles. The van der Waals surface area contributed by atoms with E-state index in [-0.39, 0.29) is 24.4 Å². The molecular formula is C22H22N4O5. The highest BCUT2D eigenvalue weighted by Gasteiger charge is 2.20. The van der Waals surface area contributed by atoms with Crippen molar-refractivity contribution in [2.24, 2.45) is 0 Å². The molecule has 9 nitrogen and oxygen atoms in total. The van der Waals surface area contributed by atoms with E-state index in [0.717, 1.165) is 5.52 Å². The minimum absolute atomic E-state index is 0.0281. The van der Waals surface area contributed by atoms with Gasteiger partial charge in [-0.05, 0) is 32.0 Å². The number of ketones is 1. The Balaban J connectivity index is 1.47. The van der Waals surface area contributed by atoms with Gasteiger partial charge in [-0.15, -0.1) is 0 Å². The van der Waals surface area contributed by atoms with Gasteiger partial charge in [0.15, 0.2) is 17.6 Å². The van der Waals surface area contributed by atoms with Gasteiger partial charge < -0.3 is 15.4 Å². The van der Waals surface area contributed by atoms with Gasteiger partial charge >= 0.3 is 5.97 Å². The molecule has 3 N–H and O–H groups in total. The maximum Gasteiger partial charge on any atom is 0.308 e. The molecule has 1 unspecified atom stereocenters. The number of H-pyrrole nitrogens is 1. The van der Waals surface area contributed by atoms with Crippen LogP contribution in [-0.4, -0.2) is 46.4 Å². The van der Waals surface area contributed by atoms with Crippen LogP contribution in [0.1, 0.15) is 41.1 Å². The summed E-state index contributed by atoms with van der Waals surface area (Å²) in [4.78, 5) is 48.3. The zero-order chi connectivity index (χ0) is 22.4. The zero-order valence-corrected chi connectivity index (χ0v) is 17.1. The number of Topliss-reactive ketones (excluding diaryl/α,β-unsaturated/α-hetero) is 1. The van der Waals surface area contributed by atoms with Gasteiger partial charge in [0.25, 0.3) is 11.8 Å². The van der Waals surface area contributed by atoms with Crippen molar-refractivity contribution in [2.75, 3.05) is 11.9 Å². The molecule has 0 saturated heterocycles. The van der Waals surface area contributed by atoms with E-state index in [1.807, 2.05) is 6.07 Å². The summed E-state index contributed by atoms with van der Waals surface area (Å²) in [5.41, 5.74) is 1.68. The number of rotatable bonds is 8. The first-order valence-electron chi connectivity index (χ1n) is 9.68. The maximum atomic E-state index is 12.3. The van der Waals surface area contributed by atoms with E-state index in [1.54, 1.807) is 42.5 Å². The fourth-order valence-corrected chi connectivity index (χ4v) is 2.94. The predicted molar refractivity (Wildman–Crippen MR) is 114 cm³/mol. The lowest BCUT2D eigenvalue weighted by Gasteiger charge is -2.15. The number of carbonyl (C=O) groups is 4. The molecule has 31 heavy (non-hydrogen) atoms. The van der Waals surface area contributed by atoms with Crippen molar-refractivity contribution in [3.63, 3.8) is 0 Å². The monoisotopic (exact) mass is 422 g/mol. The largest absolute Gasteiger partial charge is 0.452 e. The minimum atomic E-state index is -1.07. The smallest absolute Gasteiger partial charge is 0.308 e. The van der Waals surface area contributed by atoms with Gasteiger partial charge in [-0.2, -0.15) is 5.10 Å².